The lowest BCUT2D eigenvalue weighted by atomic mass is 10.1. The molecule has 0 radical (unpaired) electrons. The smallest absolute Gasteiger partial charge is 0.306 e. The first-order chi connectivity index (χ1) is 27.0. The van der Waals surface area contributed by atoms with Gasteiger partial charge in [0.15, 0.2) is 6.10 Å². The number of ether oxygens (including phenoxy) is 3. The maximum atomic E-state index is 12.7. The topological polar surface area (TPSA) is 78.9 Å². The van der Waals surface area contributed by atoms with Gasteiger partial charge in [-0.25, -0.2) is 0 Å². The molecule has 0 aromatic carbocycles. The molecule has 0 aliphatic rings. The Hall–Kier alpha value is -2.37. The van der Waals surface area contributed by atoms with E-state index in [1.165, 1.54) is 122 Å². The van der Waals surface area contributed by atoms with Crippen LogP contribution in [0.4, 0.5) is 0 Å². The summed E-state index contributed by atoms with van der Waals surface area (Å²) in [4.78, 5) is 37.6. The average Bonchev–Trinajstić information content (AvgIpc) is 3.18. The second kappa shape index (κ2) is 44.3. The molecule has 0 saturated heterocycles. The molecule has 55 heavy (non-hydrogen) atoms. The Balaban J connectivity index is 4.26. The molecule has 1 atom stereocenters. The monoisotopic (exact) mass is 773 g/mol. The van der Waals surface area contributed by atoms with Crippen LogP contribution in [0.1, 0.15) is 239 Å². The molecule has 0 saturated carbocycles. The lowest BCUT2D eigenvalue weighted by Gasteiger charge is -2.18. The van der Waals surface area contributed by atoms with Gasteiger partial charge >= 0.3 is 17.9 Å². The summed E-state index contributed by atoms with van der Waals surface area (Å²) in [5.74, 6) is -0.901. The Morgan fingerprint density at radius 2 is 0.655 bits per heavy atom. The van der Waals surface area contributed by atoms with Gasteiger partial charge in [-0.05, 0) is 77.0 Å². The first-order valence-corrected chi connectivity index (χ1v) is 23.5. The quantitative estimate of drug-likeness (QED) is 0.0266. The molecule has 6 heteroatoms. The van der Waals surface area contributed by atoms with Gasteiger partial charge in [0, 0.05) is 19.3 Å². The third-order valence-electron chi connectivity index (χ3n) is 10.1. The van der Waals surface area contributed by atoms with E-state index in [1.807, 2.05) is 0 Å². The van der Waals surface area contributed by atoms with E-state index in [9.17, 15) is 14.4 Å². The molecule has 0 bridgehead atoms. The minimum absolute atomic E-state index is 0.0775. The van der Waals surface area contributed by atoms with Gasteiger partial charge in [-0.1, -0.05) is 179 Å². The maximum absolute atomic E-state index is 12.7. The van der Waals surface area contributed by atoms with Crippen molar-refractivity contribution in [3.8, 4) is 0 Å². The highest BCUT2D eigenvalue weighted by Gasteiger charge is 2.19. The number of unbranched alkanes of at least 4 members (excludes halogenated alkanes) is 25. The number of rotatable bonds is 42. The fourth-order valence-electron chi connectivity index (χ4n) is 6.52. The fraction of sp³-hybridized carbons (Fsp3) is 0.816. The van der Waals surface area contributed by atoms with E-state index in [2.05, 4.69) is 57.2 Å². The third-order valence-corrected chi connectivity index (χ3v) is 10.1. The predicted octanol–water partition coefficient (Wildman–Crippen LogP) is 15.0. The van der Waals surface area contributed by atoms with Crippen molar-refractivity contribution in [1.82, 2.24) is 0 Å². The van der Waals surface area contributed by atoms with E-state index in [4.69, 9.17) is 14.2 Å². The number of allylic oxidation sites excluding steroid dienone is 6. The Kier molecular flexibility index (Phi) is 42.4. The first kappa shape index (κ1) is 52.6. The largest absolute Gasteiger partial charge is 0.462 e. The van der Waals surface area contributed by atoms with E-state index in [0.29, 0.717) is 19.3 Å². The van der Waals surface area contributed by atoms with Gasteiger partial charge in [0.1, 0.15) is 13.2 Å². The van der Waals surface area contributed by atoms with Gasteiger partial charge in [-0.2, -0.15) is 0 Å². The van der Waals surface area contributed by atoms with Gasteiger partial charge in [0.05, 0.1) is 0 Å². The van der Waals surface area contributed by atoms with Crippen LogP contribution in [0.15, 0.2) is 36.5 Å². The normalized spacial score (nSPS) is 12.3. The van der Waals surface area contributed by atoms with Crippen molar-refractivity contribution >= 4 is 17.9 Å². The standard InChI is InChI=1S/C49H88O6/c1-4-7-10-13-16-18-20-22-24-25-26-28-29-31-33-36-39-42-48(51)54-45-46(44-53-47(50)41-38-35-15-12-9-6-3)55-49(52)43-40-37-34-32-30-27-23-21-19-17-14-11-8-5-2/h16,18,21-24,46H,4-15,17,19-20,25-45H2,1-3H3/b18-16-,23-21-,24-22-. The second-order valence-corrected chi connectivity index (χ2v) is 15.7. The van der Waals surface area contributed by atoms with Gasteiger partial charge in [-0.15, -0.1) is 0 Å². The molecule has 6 nitrogen and oxygen atoms in total. The summed E-state index contributed by atoms with van der Waals surface area (Å²) in [6.45, 7) is 6.53. The number of carbonyl (C=O) groups excluding carboxylic acids is 3. The van der Waals surface area contributed by atoms with Gasteiger partial charge in [-0.3, -0.25) is 14.4 Å². The minimum atomic E-state index is -0.773. The Labute approximate surface area is 340 Å². The van der Waals surface area contributed by atoms with Crippen LogP contribution in [0.3, 0.4) is 0 Å². The van der Waals surface area contributed by atoms with Crippen molar-refractivity contribution in [3.63, 3.8) is 0 Å². The van der Waals surface area contributed by atoms with Crippen LogP contribution >= 0.6 is 0 Å². The molecule has 0 aromatic heterocycles. The molecule has 0 aliphatic heterocycles. The Bertz CT molecular complexity index is 938. The van der Waals surface area contributed by atoms with Crippen LogP contribution in [0.25, 0.3) is 0 Å². The molecular weight excluding hydrogens is 685 g/mol. The number of hydrogen-bond donors (Lipinski definition) is 0. The summed E-state index contributed by atoms with van der Waals surface area (Å²) in [5, 5.41) is 0. The molecule has 1 unspecified atom stereocenters. The summed E-state index contributed by atoms with van der Waals surface area (Å²) in [6, 6.07) is 0. The molecule has 0 aromatic rings. The van der Waals surface area contributed by atoms with Crippen LogP contribution in [0.5, 0.6) is 0 Å². The molecule has 0 fully saturated rings. The Morgan fingerprint density at radius 1 is 0.364 bits per heavy atom. The van der Waals surface area contributed by atoms with Gasteiger partial charge < -0.3 is 14.2 Å². The minimum Gasteiger partial charge on any atom is -0.462 e. The molecule has 0 amide bonds. The van der Waals surface area contributed by atoms with Crippen molar-refractivity contribution in [2.24, 2.45) is 0 Å². The van der Waals surface area contributed by atoms with Crippen molar-refractivity contribution in [2.45, 2.75) is 245 Å². The lowest BCUT2D eigenvalue weighted by Crippen LogP contribution is -2.30. The molecule has 0 N–H and O–H groups in total. The zero-order valence-corrected chi connectivity index (χ0v) is 36.4. The highest BCUT2D eigenvalue weighted by atomic mass is 16.6. The van der Waals surface area contributed by atoms with Crippen molar-refractivity contribution in [1.29, 1.82) is 0 Å². The maximum Gasteiger partial charge on any atom is 0.306 e. The molecule has 0 aliphatic carbocycles. The van der Waals surface area contributed by atoms with Crippen LogP contribution < -0.4 is 0 Å². The van der Waals surface area contributed by atoms with Crippen LogP contribution in [-0.4, -0.2) is 37.2 Å². The van der Waals surface area contributed by atoms with Gasteiger partial charge in [0.25, 0.3) is 0 Å². The summed E-state index contributed by atoms with van der Waals surface area (Å²) < 4.78 is 16.6. The SMILES string of the molecule is CCCCC/C=C\C/C=C\CCCCCCCCCC(=O)OCC(COC(=O)CCCCCCCC)OC(=O)CCCCCCC/C=C\CCCCCCC. The molecule has 320 valence electrons. The summed E-state index contributed by atoms with van der Waals surface area (Å²) in [5.41, 5.74) is 0. The average molecular weight is 773 g/mol. The number of esters is 3. The highest BCUT2D eigenvalue weighted by molar-refractivity contribution is 5.71. The highest BCUT2D eigenvalue weighted by Crippen LogP contribution is 2.14. The second-order valence-electron chi connectivity index (χ2n) is 15.7. The van der Waals surface area contributed by atoms with E-state index in [1.54, 1.807) is 0 Å². The summed E-state index contributed by atoms with van der Waals surface area (Å²) in [6.07, 6.45) is 50.0. The fourth-order valence-corrected chi connectivity index (χ4v) is 6.52. The van der Waals surface area contributed by atoms with E-state index in [0.717, 1.165) is 77.0 Å². The Morgan fingerprint density at radius 3 is 1.05 bits per heavy atom. The zero-order valence-electron chi connectivity index (χ0n) is 36.4. The third kappa shape index (κ3) is 42.6. The number of hydrogen-bond acceptors (Lipinski definition) is 6. The zero-order chi connectivity index (χ0) is 40.1. The predicted molar refractivity (Wildman–Crippen MR) is 233 cm³/mol. The van der Waals surface area contributed by atoms with E-state index < -0.39 is 6.10 Å². The van der Waals surface area contributed by atoms with E-state index in [-0.39, 0.29) is 31.1 Å². The van der Waals surface area contributed by atoms with Crippen LogP contribution in [0.2, 0.25) is 0 Å². The summed E-state index contributed by atoms with van der Waals surface area (Å²) >= 11 is 0. The van der Waals surface area contributed by atoms with Crippen molar-refractivity contribution < 1.29 is 28.6 Å². The molecule has 0 heterocycles. The first-order valence-electron chi connectivity index (χ1n) is 23.5. The van der Waals surface area contributed by atoms with Crippen LogP contribution in [-0.2, 0) is 28.6 Å². The molecule has 0 rings (SSSR count). The van der Waals surface area contributed by atoms with Gasteiger partial charge in [0.2, 0.25) is 0 Å². The molecular formula is C49H88O6. The van der Waals surface area contributed by atoms with Crippen molar-refractivity contribution in [3.05, 3.63) is 36.5 Å². The number of carbonyl (C=O) groups is 3. The van der Waals surface area contributed by atoms with Crippen LogP contribution in [0, 0.1) is 0 Å². The molecule has 0 spiro atoms. The van der Waals surface area contributed by atoms with Crippen molar-refractivity contribution in [2.75, 3.05) is 13.2 Å². The lowest BCUT2D eigenvalue weighted by molar-refractivity contribution is -0.167. The van der Waals surface area contributed by atoms with E-state index >= 15 is 0 Å². The summed E-state index contributed by atoms with van der Waals surface area (Å²) in [7, 11) is 0.